The first-order valence-corrected chi connectivity index (χ1v) is 11.4. The van der Waals surface area contributed by atoms with Crippen LogP contribution >= 0.6 is 0 Å². The summed E-state index contributed by atoms with van der Waals surface area (Å²) < 4.78 is 5.32. The number of alkyl carbamates (subject to hydrolysis) is 1. The maximum Gasteiger partial charge on any atom is 0.408 e. The van der Waals surface area contributed by atoms with Crippen LogP contribution in [0.4, 0.5) is 4.79 Å². The molecule has 0 aliphatic heterocycles. The summed E-state index contributed by atoms with van der Waals surface area (Å²) in [5, 5.41) is 5.63. The lowest BCUT2D eigenvalue weighted by atomic mass is 9.95. The van der Waals surface area contributed by atoms with E-state index in [1.165, 1.54) is 0 Å². The van der Waals surface area contributed by atoms with Crippen LogP contribution in [-0.4, -0.2) is 46.5 Å². The molecule has 1 aliphatic carbocycles. The molecule has 0 aromatic heterocycles. The molecule has 0 saturated heterocycles. The summed E-state index contributed by atoms with van der Waals surface area (Å²) in [6.07, 6.45) is 0.165. The normalized spacial score (nSPS) is 19.7. The molecule has 4 atom stereocenters. The van der Waals surface area contributed by atoms with E-state index in [-0.39, 0.29) is 29.8 Å². The van der Waals surface area contributed by atoms with E-state index in [1.807, 2.05) is 45.9 Å². The Morgan fingerprint density at radius 1 is 1.09 bits per heavy atom. The van der Waals surface area contributed by atoms with Gasteiger partial charge in [-0.1, -0.05) is 30.7 Å². The van der Waals surface area contributed by atoms with Crippen molar-refractivity contribution >= 4 is 17.9 Å². The minimum absolute atomic E-state index is 0.0618. The van der Waals surface area contributed by atoms with Crippen LogP contribution in [-0.2, 0) is 14.3 Å². The van der Waals surface area contributed by atoms with Crippen molar-refractivity contribution in [3.8, 4) is 0 Å². The zero-order valence-electron chi connectivity index (χ0n) is 20.9. The lowest BCUT2D eigenvalue weighted by molar-refractivity contribution is -0.143. The summed E-state index contributed by atoms with van der Waals surface area (Å²) in [5.41, 5.74) is 2.10. The molecule has 0 radical (unpaired) electrons. The molecule has 1 aromatic rings. The average molecular weight is 446 g/mol. The van der Waals surface area contributed by atoms with Gasteiger partial charge >= 0.3 is 6.09 Å². The highest BCUT2D eigenvalue weighted by Crippen LogP contribution is 2.41. The fourth-order valence-corrected chi connectivity index (χ4v) is 3.78. The van der Waals surface area contributed by atoms with E-state index in [4.69, 9.17) is 4.74 Å². The molecule has 1 aromatic carbocycles. The van der Waals surface area contributed by atoms with Gasteiger partial charge in [-0.2, -0.15) is 0 Å². The predicted molar refractivity (Wildman–Crippen MR) is 125 cm³/mol. The molecule has 1 aliphatic rings. The van der Waals surface area contributed by atoms with E-state index < -0.39 is 23.8 Å². The van der Waals surface area contributed by atoms with Crippen LogP contribution in [0.25, 0.3) is 0 Å². The highest BCUT2D eigenvalue weighted by molar-refractivity contribution is 5.92. The predicted octanol–water partition coefficient (Wildman–Crippen LogP) is 4.02. The molecule has 7 heteroatoms. The van der Waals surface area contributed by atoms with Crippen LogP contribution in [0.15, 0.2) is 18.2 Å². The number of carbonyl (C=O) groups excluding carboxylic acids is 3. The molecule has 32 heavy (non-hydrogen) atoms. The van der Waals surface area contributed by atoms with Crippen molar-refractivity contribution in [2.75, 3.05) is 0 Å². The van der Waals surface area contributed by atoms with Gasteiger partial charge in [0.25, 0.3) is 0 Å². The Bertz CT molecular complexity index is 859. The molecule has 0 bridgehead atoms. The molecule has 3 amide bonds. The number of nitrogens with one attached hydrogen (secondary N) is 2. The molecular formula is C25H39N3O4. The van der Waals surface area contributed by atoms with Crippen LogP contribution in [0.5, 0.6) is 0 Å². The van der Waals surface area contributed by atoms with Gasteiger partial charge in [0.2, 0.25) is 11.8 Å². The van der Waals surface area contributed by atoms with E-state index >= 15 is 0 Å². The van der Waals surface area contributed by atoms with Crippen LogP contribution in [0.1, 0.15) is 77.6 Å². The number of rotatable bonds is 7. The summed E-state index contributed by atoms with van der Waals surface area (Å²) >= 11 is 0. The Balaban J connectivity index is 2.43. The lowest BCUT2D eigenvalue weighted by Crippen LogP contribution is -2.53. The molecule has 1 fully saturated rings. The zero-order chi connectivity index (χ0) is 24.4. The summed E-state index contributed by atoms with van der Waals surface area (Å²) in [6.45, 7) is 16.7. The largest absolute Gasteiger partial charge is 0.444 e. The molecular weight excluding hydrogens is 406 g/mol. The topological polar surface area (TPSA) is 87.7 Å². The highest BCUT2D eigenvalue weighted by atomic mass is 16.6. The van der Waals surface area contributed by atoms with E-state index in [0.717, 1.165) is 23.1 Å². The third kappa shape index (κ3) is 6.71. The molecule has 4 unspecified atom stereocenters. The zero-order valence-corrected chi connectivity index (χ0v) is 20.9. The lowest BCUT2D eigenvalue weighted by Gasteiger charge is -2.35. The van der Waals surface area contributed by atoms with Crippen LogP contribution in [0.3, 0.4) is 0 Å². The van der Waals surface area contributed by atoms with Gasteiger partial charge in [0, 0.05) is 12.1 Å². The number of nitrogens with zero attached hydrogens (tertiary/aromatic N) is 1. The van der Waals surface area contributed by atoms with E-state index in [1.54, 1.807) is 32.6 Å². The first-order chi connectivity index (χ1) is 14.7. The molecule has 0 spiro atoms. The van der Waals surface area contributed by atoms with Gasteiger partial charge < -0.3 is 20.3 Å². The second-order valence-electron chi connectivity index (χ2n) is 10.3. The monoisotopic (exact) mass is 445 g/mol. The van der Waals surface area contributed by atoms with Gasteiger partial charge in [0.15, 0.2) is 0 Å². The molecule has 7 nitrogen and oxygen atoms in total. The Kier molecular flexibility index (Phi) is 7.97. The van der Waals surface area contributed by atoms with Crippen molar-refractivity contribution in [2.45, 2.75) is 98.5 Å². The minimum Gasteiger partial charge on any atom is -0.444 e. The molecule has 0 heterocycles. The molecule has 2 rings (SSSR count). The summed E-state index contributed by atoms with van der Waals surface area (Å²) in [4.78, 5) is 41.0. The number of carbonyl (C=O) groups is 3. The molecule has 2 N–H and O–H groups in total. The molecule has 178 valence electrons. The van der Waals surface area contributed by atoms with Crippen molar-refractivity contribution < 1.29 is 19.1 Å². The van der Waals surface area contributed by atoms with Crippen molar-refractivity contribution in [1.82, 2.24) is 15.5 Å². The van der Waals surface area contributed by atoms with Crippen molar-refractivity contribution in [3.05, 3.63) is 34.9 Å². The van der Waals surface area contributed by atoms with Crippen LogP contribution < -0.4 is 10.6 Å². The van der Waals surface area contributed by atoms with Gasteiger partial charge in [-0.15, -0.1) is 0 Å². The molecule has 1 saturated carbocycles. The smallest absolute Gasteiger partial charge is 0.408 e. The van der Waals surface area contributed by atoms with Crippen molar-refractivity contribution in [1.29, 1.82) is 0 Å². The maximum atomic E-state index is 13.6. The second kappa shape index (κ2) is 9.92. The Labute approximate surface area is 192 Å². The average Bonchev–Trinajstić information content (AvgIpc) is 3.34. The van der Waals surface area contributed by atoms with Gasteiger partial charge in [-0.05, 0) is 78.9 Å². The van der Waals surface area contributed by atoms with Crippen LogP contribution in [0.2, 0.25) is 0 Å². The van der Waals surface area contributed by atoms with Crippen molar-refractivity contribution in [3.63, 3.8) is 0 Å². The summed E-state index contributed by atoms with van der Waals surface area (Å²) in [7, 11) is 0. The van der Waals surface area contributed by atoms with E-state index in [0.29, 0.717) is 0 Å². The van der Waals surface area contributed by atoms with Gasteiger partial charge in [-0.25, -0.2) is 4.79 Å². The highest BCUT2D eigenvalue weighted by Gasteiger charge is 2.48. The number of hydrogen-bond acceptors (Lipinski definition) is 4. The number of ether oxygens (including phenoxy) is 1. The first-order valence-electron chi connectivity index (χ1n) is 11.4. The SMILES string of the molecule is Cc1ccc(C)c(C(C(=O)NC(C)C)N(C(=O)C(C)NC(=O)OC(C)(C)C)C2CC2C)c1. The summed E-state index contributed by atoms with van der Waals surface area (Å²) in [6, 6.07) is 4.20. The van der Waals surface area contributed by atoms with Gasteiger partial charge in [0.05, 0.1) is 0 Å². The third-order valence-electron chi connectivity index (χ3n) is 5.47. The number of benzene rings is 1. The number of aryl methyl sites for hydroxylation is 2. The van der Waals surface area contributed by atoms with Crippen molar-refractivity contribution in [2.24, 2.45) is 5.92 Å². The Morgan fingerprint density at radius 2 is 1.69 bits per heavy atom. The minimum atomic E-state index is -0.836. The second-order valence-corrected chi connectivity index (χ2v) is 10.3. The number of amides is 3. The number of hydrogen-bond donors (Lipinski definition) is 2. The third-order valence-corrected chi connectivity index (χ3v) is 5.47. The van der Waals surface area contributed by atoms with Gasteiger partial charge in [0.1, 0.15) is 17.7 Å². The Hall–Kier alpha value is -2.57. The first kappa shape index (κ1) is 25.7. The Morgan fingerprint density at radius 3 is 2.19 bits per heavy atom. The van der Waals surface area contributed by atoms with Crippen LogP contribution in [0, 0.1) is 19.8 Å². The van der Waals surface area contributed by atoms with E-state index in [9.17, 15) is 14.4 Å². The standard InChI is InChI=1S/C25H39N3O4/c1-14(2)26-22(29)21(19-12-15(3)10-11-16(19)4)28(20-13-17(20)5)23(30)18(6)27-24(31)32-25(7,8)9/h10-12,14,17-18,20-21H,13H2,1-9H3,(H,26,29)(H,27,31). The quantitative estimate of drug-likeness (QED) is 0.664. The van der Waals surface area contributed by atoms with Gasteiger partial charge in [-0.3, -0.25) is 9.59 Å². The maximum absolute atomic E-state index is 13.6. The van der Waals surface area contributed by atoms with E-state index in [2.05, 4.69) is 17.6 Å². The fraction of sp³-hybridized carbons (Fsp3) is 0.640. The summed E-state index contributed by atoms with van der Waals surface area (Å²) in [5.74, 6) is -0.229. The fourth-order valence-electron chi connectivity index (χ4n) is 3.78.